The summed E-state index contributed by atoms with van der Waals surface area (Å²) in [7, 11) is 0. The lowest BCUT2D eigenvalue weighted by Crippen LogP contribution is -2.44. The van der Waals surface area contributed by atoms with Gasteiger partial charge in [-0.1, -0.05) is 32.9 Å². The van der Waals surface area contributed by atoms with Gasteiger partial charge in [0.15, 0.2) is 0 Å². The van der Waals surface area contributed by atoms with E-state index in [0.717, 1.165) is 12.0 Å². The summed E-state index contributed by atoms with van der Waals surface area (Å²) in [5.41, 5.74) is 1.27. The molecular formula is C17H24N2O4. The lowest BCUT2D eigenvalue weighted by Gasteiger charge is -2.18. The molecule has 0 fully saturated rings. The Bertz CT molecular complexity index is 552. The summed E-state index contributed by atoms with van der Waals surface area (Å²) < 4.78 is 0. The maximum atomic E-state index is 12.1. The number of rotatable bonds is 8. The van der Waals surface area contributed by atoms with E-state index in [-0.39, 0.29) is 11.8 Å². The number of carbonyl (C=O) groups excluding carboxylic acids is 2. The van der Waals surface area contributed by atoms with Crippen LogP contribution in [-0.2, 0) is 16.1 Å². The second-order valence-electron chi connectivity index (χ2n) is 5.76. The normalized spacial score (nSPS) is 11.8. The molecule has 1 aromatic carbocycles. The van der Waals surface area contributed by atoms with Gasteiger partial charge in [-0.3, -0.25) is 9.59 Å². The van der Waals surface area contributed by atoms with Crippen LogP contribution in [0.4, 0.5) is 0 Å². The Balaban J connectivity index is 2.63. The van der Waals surface area contributed by atoms with Crippen molar-refractivity contribution in [1.82, 2.24) is 10.6 Å². The number of carbonyl (C=O) groups is 3. The number of hydrogen-bond donors (Lipinski definition) is 3. The lowest BCUT2D eigenvalue weighted by molar-refractivity contribution is -0.140. The fourth-order valence-corrected chi connectivity index (χ4v) is 2.03. The average molecular weight is 320 g/mol. The zero-order valence-electron chi connectivity index (χ0n) is 13.8. The molecule has 0 saturated carbocycles. The molecule has 0 heterocycles. The third kappa shape index (κ3) is 6.10. The Morgan fingerprint density at radius 2 is 1.74 bits per heavy atom. The van der Waals surface area contributed by atoms with Crippen LogP contribution in [0.3, 0.4) is 0 Å². The van der Waals surface area contributed by atoms with Crippen LogP contribution >= 0.6 is 0 Å². The van der Waals surface area contributed by atoms with Crippen LogP contribution in [0.25, 0.3) is 0 Å². The summed E-state index contributed by atoms with van der Waals surface area (Å²) in [6, 6.07) is 5.81. The molecule has 0 aliphatic carbocycles. The molecule has 23 heavy (non-hydrogen) atoms. The first-order valence-corrected chi connectivity index (χ1v) is 7.74. The van der Waals surface area contributed by atoms with Crippen molar-refractivity contribution in [3.05, 3.63) is 35.4 Å². The van der Waals surface area contributed by atoms with Crippen molar-refractivity contribution >= 4 is 17.8 Å². The molecule has 0 saturated heterocycles. The molecule has 1 unspecified atom stereocenters. The molecular weight excluding hydrogens is 296 g/mol. The van der Waals surface area contributed by atoms with Crippen molar-refractivity contribution in [3.63, 3.8) is 0 Å². The van der Waals surface area contributed by atoms with Gasteiger partial charge in [0.25, 0.3) is 5.91 Å². The van der Waals surface area contributed by atoms with Gasteiger partial charge in [-0.05, 0) is 30.0 Å². The van der Waals surface area contributed by atoms with E-state index in [9.17, 15) is 14.4 Å². The van der Waals surface area contributed by atoms with Crippen LogP contribution < -0.4 is 10.6 Å². The van der Waals surface area contributed by atoms with E-state index in [2.05, 4.69) is 10.6 Å². The molecule has 6 nitrogen and oxygen atoms in total. The van der Waals surface area contributed by atoms with Crippen molar-refractivity contribution in [3.8, 4) is 0 Å². The van der Waals surface area contributed by atoms with Gasteiger partial charge in [-0.25, -0.2) is 4.79 Å². The molecule has 0 spiro atoms. The number of carboxylic acids is 1. The summed E-state index contributed by atoms with van der Waals surface area (Å²) in [5, 5.41) is 14.4. The monoisotopic (exact) mass is 320 g/mol. The number of nitrogens with one attached hydrogen (secondary N) is 2. The molecule has 0 aromatic heterocycles. The lowest BCUT2D eigenvalue weighted by atomic mass is 10.0. The second kappa shape index (κ2) is 8.92. The number of hydrogen-bond acceptors (Lipinski definition) is 3. The molecule has 0 bridgehead atoms. The van der Waals surface area contributed by atoms with Gasteiger partial charge in [-0.2, -0.15) is 0 Å². The summed E-state index contributed by atoms with van der Waals surface area (Å²) in [5.74, 6) is -1.68. The average Bonchev–Trinajstić information content (AvgIpc) is 2.50. The third-order valence-corrected chi connectivity index (χ3v) is 3.40. The Morgan fingerprint density at radius 1 is 1.13 bits per heavy atom. The highest BCUT2D eigenvalue weighted by Gasteiger charge is 2.23. The van der Waals surface area contributed by atoms with Gasteiger partial charge in [0.05, 0.1) is 0 Å². The standard InChI is InChI=1S/C17H24N2O4/c1-4-5-14(20)18-10-12-6-8-13(9-7-12)16(21)19-15(11(2)3)17(22)23/h6-9,11,15H,4-5,10H2,1-3H3,(H,18,20)(H,19,21)(H,22,23). The summed E-state index contributed by atoms with van der Waals surface area (Å²) in [4.78, 5) is 34.6. The molecule has 2 amide bonds. The fraction of sp³-hybridized carbons (Fsp3) is 0.471. The molecule has 3 N–H and O–H groups in total. The van der Waals surface area contributed by atoms with Gasteiger partial charge >= 0.3 is 5.97 Å². The van der Waals surface area contributed by atoms with Crippen LogP contribution in [0.15, 0.2) is 24.3 Å². The van der Waals surface area contributed by atoms with E-state index in [4.69, 9.17) is 5.11 Å². The van der Waals surface area contributed by atoms with Crippen molar-refractivity contribution in [2.75, 3.05) is 0 Å². The quantitative estimate of drug-likeness (QED) is 0.682. The van der Waals surface area contributed by atoms with E-state index < -0.39 is 17.9 Å². The maximum absolute atomic E-state index is 12.1. The number of benzene rings is 1. The highest BCUT2D eigenvalue weighted by atomic mass is 16.4. The second-order valence-corrected chi connectivity index (χ2v) is 5.76. The highest BCUT2D eigenvalue weighted by molar-refractivity contribution is 5.96. The predicted molar refractivity (Wildman–Crippen MR) is 86.9 cm³/mol. The number of aliphatic carboxylic acids is 1. The van der Waals surface area contributed by atoms with Crippen LogP contribution in [-0.4, -0.2) is 28.9 Å². The smallest absolute Gasteiger partial charge is 0.326 e. The largest absolute Gasteiger partial charge is 0.480 e. The molecule has 0 radical (unpaired) electrons. The van der Waals surface area contributed by atoms with Crippen LogP contribution in [0, 0.1) is 5.92 Å². The minimum atomic E-state index is -1.05. The highest BCUT2D eigenvalue weighted by Crippen LogP contribution is 2.07. The first-order valence-electron chi connectivity index (χ1n) is 7.74. The molecule has 0 aliphatic rings. The Hall–Kier alpha value is -2.37. The van der Waals surface area contributed by atoms with E-state index in [1.165, 1.54) is 0 Å². The van der Waals surface area contributed by atoms with Crippen molar-refractivity contribution in [2.24, 2.45) is 5.92 Å². The van der Waals surface area contributed by atoms with Gasteiger partial charge in [0, 0.05) is 18.5 Å². The van der Waals surface area contributed by atoms with Gasteiger partial charge in [-0.15, -0.1) is 0 Å². The topological polar surface area (TPSA) is 95.5 Å². The maximum Gasteiger partial charge on any atom is 0.326 e. The molecule has 1 atom stereocenters. The zero-order chi connectivity index (χ0) is 17.4. The Morgan fingerprint density at radius 3 is 2.22 bits per heavy atom. The van der Waals surface area contributed by atoms with Gasteiger partial charge in [0.2, 0.25) is 5.91 Å². The first-order chi connectivity index (χ1) is 10.8. The fourth-order valence-electron chi connectivity index (χ4n) is 2.03. The Kier molecular flexibility index (Phi) is 7.25. The first kappa shape index (κ1) is 18.7. The molecule has 126 valence electrons. The summed E-state index contributed by atoms with van der Waals surface area (Å²) >= 11 is 0. The minimum absolute atomic E-state index is 0.00412. The van der Waals surface area contributed by atoms with E-state index in [1.807, 2.05) is 6.92 Å². The zero-order valence-corrected chi connectivity index (χ0v) is 13.8. The SMILES string of the molecule is CCCC(=O)NCc1ccc(C(=O)NC(C(=O)O)C(C)C)cc1. The Labute approximate surface area is 136 Å². The van der Waals surface area contributed by atoms with Gasteiger partial charge < -0.3 is 15.7 Å². The molecule has 6 heteroatoms. The number of carboxylic acid groups (broad SMARTS) is 1. The van der Waals surface area contributed by atoms with Crippen molar-refractivity contribution in [2.45, 2.75) is 46.2 Å². The van der Waals surface area contributed by atoms with E-state index in [0.29, 0.717) is 18.5 Å². The molecule has 1 rings (SSSR count). The van der Waals surface area contributed by atoms with Crippen LogP contribution in [0.1, 0.15) is 49.5 Å². The molecule has 1 aromatic rings. The van der Waals surface area contributed by atoms with Crippen molar-refractivity contribution in [1.29, 1.82) is 0 Å². The third-order valence-electron chi connectivity index (χ3n) is 3.40. The number of amides is 2. The summed E-state index contributed by atoms with van der Waals surface area (Å²) in [6.45, 7) is 5.82. The van der Waals surface area contributed by atoms with E-state index in [1.54, 1.807) is 38.1 Å². The van der Waals surface area contributed by atoms with Crippen LogP contribution in [0.2, 0.25) is 0 Å². The van der Waals surface area contributed by atoms with E-state index >= 15 is 0 Å². The van der Waals surface area contributed by atoms with Gasteiger partial charge in [0.1, 0.15) is 6.04 Å². The van der Waals surface area contributed by atoms with Crippen molar-refractivity contribution < 1.29 is 19.5 Å². The molecule has 0 aliphatic heterocycles. The summed E-state index contributed by atoms with van der Waals surface area (Å²) in [6.07, 6.45) is 1.29. The van der Waals surface area contributed by atoms with Crippen LogP contribution in [0.5, 0.6) is 0 Å². The minimum Gasteiger partial charge on any atom is -0.480 e. The predicted octanol–water partition coefficient (Wildman–Crippen LogP) is 1.94.